The SMILES string of the molecule is Clc1cccc(Cl)c1NCc1cc(Br)c2c(c1)OCCO2. The molecule has 110 valence electrons. The van der Waals surface area contributed by atoms with Gasteiger partial charge >= 0.3 is 0 Å². The van der Waals surface area contributed by atoms with Crippen molar-refractivity contribution < 1.29 is 9.47 Å². The predicted molar refractivity (Wildman–Crippen MR) is 88.9 cm³/mol. The average Bonchev–Trinajstić information content (AvgIpc) is 2.47. The summed E-state index contributed by atoms with van der Waals surface area (Å²) in [5, 5.41) is 4.44. The fourth-order valence-corrected chi connectivity index (χ4v) is 3.26. The van der Waals surface area contributed by atoms with Crippen molar-refractivity contribution in [1.29, 1.82) is 0 Å². The maximum atomic E-state index is 6.14. The number of hydrogen-bond acceptors (Lipinski definition) is 3. The second-order valence-corrected chi connectivity index (χ2v) is 6.22. The van der Waals surface area contributed by atoms with Gasteiger partial charge in [0.15, 0.2) is 11.5 Å². The van der Waals surface area contributed by atoms with Crippen molar-refractivity contribution in [1.82, 2.24) is 0 Å². The molecule has 0 saturated heterocycles. The highest BCUT2D eigenvalue weighted by Gasteiger charge is 2.16. The van der Waals surface area contributed by atoms with Crippen LogP contribution in [0.5, 0.6) is 11.5 Å². The maximum Gasteiger partial charge on any atom is 0.175 e. The van der Waals surface area contributed by atoms with Gasteiger partial charge < -0.3 is 14.8 Å². The Hall–Kier alpha value is -1.10. The zero-order valence-electron chi connectivity index (χ0n) is 11.0. The number of para-hydroxylation sites is 1. The quantitative estimate of drug-likeness (QED) is 0.789. The Kier molecular flexibility index (Phi) is 4.48. The third-order valence-corrected chi connectivity index (χ3v) is 4.31. The molecule has 3 nitrogen and oxygen atoms in total. The van der Waals surface area contributed by atoms with E-state index in [1.54, 1.807) is 12.1 Å². The van der Waals surface area contributed by atoms with E-state index in [1.807, 2.05) is 18.2 Å². The molecule has 0 radical (unpaired) electrons. The van der Waals surface area contributed by atoms with Gasteiger partial charge in [-0.25, -0.2) is 0 Å². The van der Waals surface area contributed by atoms with Gasteiger partial charge in [0.05, 0.1) is 20.2 Å². The minimum absolute atomic E-state index is 0.562. The minimum atomic E-state index is 0.562. The van der Waals surface area contributed by atoms with Crippen LogP contribution in [-0.2, 0) is 6.54 Å². The van der Waals surface area contributed by atoms with E-state index < -0.39 is 0 Å². The molecule has 2 aromatic carbocycles. The Morgan fingerprint density at radius 1 is 1.10 bits per heavy atom. The van der Waals surface area contributed by atoms with Crippen LogP contribution < -0.4 is 14.8 Å². The van der Waals surface area contributed by atoms with Crippen LogP contribution in [0.3, 0.4) is 0 Å². The highest BCUT2D eigenvalue weighted by atomic mass is 79.9. The van der Waals surface area contributed by atoms with Crippen molar-refractivity contribution in [3.05, 3.63) is 50.4 Å². The number of anilines is 1. The summed E-state index contributed by atoms with van der Waals surface area (Å²) in [6.07, 6.45) is 0. The first kappa shape index (κ1) is 14.8. The fourth-order valence-electron chi connectivity index (χ4n) is 2.12. The van der Waals surface area contributed by atoms with Gasteiger partial charge in [-0.1, -0.05) is 29.3 Å². The number of rotatable bonds is 3. The molecule has 1 heterocycles. The Morgan fingerprint density at radius 2 is 1.81 bits per heavy atom. The number of hydrogen-bond donors (Lipinski definition) is 1. The Morgan fingerprint density at radius 3 is 2.57 bits per heavy atom. The lowest BCUT2D eigenvalue weighted by molar-refractivity contribution is 0.170. The minimum Gasteiger partial charge on any atom is -0.486 e. The molecule has 1 N–H and O–H groups in total. The summed E-state index contributed by atoms with van der Waals surface area (Å²) in [6, 6.07) is 9.36. The van der Waals surface area contributed by atoms with E-state index in [0.717, 1.165) is 27.2 Å². The van der Waals surface area contributed by atoms with Gasteiger partial charge in [-0.15, -0.1) is 0 Å². The van der Waals surface area contributed by atoms with Crippen LogP contribution in [-0.4, -0.2) is 13.2 Å². The average molecular weight is 389 g/mol. The predicted octanol–water partition coefficient (Wildman–Crippen LogP) is 5.14. The molecular formula is C15H12BrCl2NO2. The second kappa shape index (κ2) is 6.34. The van der Waals surface area contributed by atoms with E-state index in [9.17, 15) is 0 Å². The number of ether oxygens (including phenoxy) is 2. The molecule has 3 rings (SSSR count). The van der Waals surface area contributed by atoms with Gasteiger partial charge in [0.25, 0.3) is 0 Å². The Balaban J connectivity index is 1.81. The Bertz CT molecular complexity index is 659. The first-order valence-corrected chi connectivity index (χ1v) is 7.96. The lowest BCUT2D eigenvalue weighted by Gasteiger charge is -2.20. The number of nitrogens with one attached hydrogen (secondary N) is 1. The smallest absolute Gasteiger partial charge is 0.175 e. The van der Waals surface area contributed by atoms with Crippen molar-refractivity contribution >= 4 is 44.8 Å². The summed E-state index contributed by atoms with van der Waals surface area (Å²) < 4.78 is 12.1. The zero-order chi connectivity index (χ0) is 14.8. The molecule has 0 spiro atoms. The lowest BCUT2D eigenvalue weighted by atomic mass is 10.2. The summed E-state index contributed by atoms with van der Waals surface area (Å²) in [7, 11) is 0. The Labute approximate surface area is 141 Å². The summed E-state index contributed by atoms with van der Waals surface area (Å²) >= 11 is 15.8. The fraction of sp³-hybridized carbons (Fsp3) is 0.200. The van der Waals surface area contributed by atoms with Gasteiger partial charge in [-0.2, -0.15) is 0 Å². The molecule has 0 saturated carbocycles. The normalized spacial score (nSPS) is 13.1. The number of benzene rings is 2. The van der Waals surface area contributed by atoms with E-state index >= 15 is 0 Å². The molecule has 2 aromatic rings. The van der Waals surface area contributed by atoms with Crippen LogP contribution in [0.2, 0.25) is 10.0 Å². The van der Waals surface area contributed by atoms with Gasteiger partial charge in [0.1, 0.15) is 13.2 Å². The van der Waals surface area contributed by atoms with Gasteiger partial charge in [-0.05, 0) is 45.8 Å². The molecule has 0 amide bonds. The molecule has 0 unspecified atom stereocenters. The van der Waals surface area contributed by atoms with Crippen molar-refractivity contribution in [3.63, 3.8) is 0 Å². The number of halogens is 3. The van der Waals surface area contributed by atoms with Crippen LogP contribution in [0, 0.1) is 0 Å². The monoisotopic (exact) mass is 387 g/mol. The molecule has 0 fully saturated rings. The largest absolute Gasteiger partial charge is 0.486 e. The van der Waals surface area contributed by atoms with Crippen molar-refractivity contribution in [2.75, 3.05) is 18.5 Å². The third-order valence-electron chi connectivity index (χ3n) is 3.09. The summed E-state index contributed by atoms with van der Waals surface area (Å²) in [4.78, 5) is 0. The summed E-state index contributed by atoms with van der Waals surface area (Å²) in [6.45, 7) is 1.71. The van der Waals surface area contributed by atoms with Crippen molar-refractivity contribution in [2.45, 2.75) is 6.54 Å². The van der Waals surface area contributed by atoms with Gasteiger partial charge in [0.2, 0.25) is 0 Å². The number of fused-ring (bicyclic) bond motifs is 1. The first-order chi connectivity index (χ1) is 10.1. The van der Waals surface area contributed by atoms with Gasteiger partial charge in [0, 0.05) is 6.54 Å². The zero-order valence-corrected chi connectivity index (χ0v) is 14.1. The molecule has 0 aliphatic carbocycles. The third kappa shape index (κ3) is 3.23. The van der Waals surface area contributed by atoms with Gasteiger partial charge in [-0.3, -0.25) is 0 Å². The van der Waals surface area contributed by atoms with Crippen LogP contribution >= 0.6 is 39.1 Å². The van der Waals surface area contributed by atoms with E-state index in [-0.39, 0.29) is 0 Å². The van der Waals surface area contributed by atoms with E-state index in [2.05, 4.69) is 21.2 Å². The van der Waals surface area contributed by atoms with Crippen molar-refractivity contribution in [2.24, 2.45) is 0 Å². The highest BCUT2D eigenvalue weighted by molar-refractivity contribution is 9.10. The molecule has 0 aromatic heterocycles. The van der Waals surface area contributed by atoms with E-state index in [0.29, 0.717) is 29.8 Å². The van der Waals surface area contributed by atoms with Crippen LogP contribution in [0.1, 0.15) is 5.56 Å². The standard InChI is InChI=1S/C15H12BrCl2NO2/c16-10-6-9(7-13-15(10)21-5-4-20-13)8-19-14-11(17)2-1-3-12(14)18/h1-3,6-7,19H,4-5,8H2. The summed E-state index contributed by atoms with van der Waals surface area (Å²) in [5.41, 5.74) is 1.77. The lowest BCUT2D eigenvalue weighted by Crippen LogP contribution is -2.16. The van der Waals surface area contributed by atoms with Crippen LogP contribution in [0.4, 0.5) is 5.69 Å². The molecular weight excluding hydrogens is 377 g/mol. The van der Waals surface area contributed by atoms with Crippen LogP contribution in [0.25, 0.3) is 0 Å². The topological polar surface area (TPSA) is 30.5 Å². The highest BCUT2D eigenvalue weighted by Crippen LogP contribution is 2.39. The second-order valence-electron chi connectivity index (χ2n) is 4.55. The molecule has 1 aliphatic rings. The molecule has 0 atom stereocenters. The maximum absolute atomic E-state index is 6.14. The molecule has 1 aliphatic heterocycles. The molecule has 21 heavy (non-hydrogen) atoms. The van der Waals surface area contributed by atoms with Crippen molar-refractivity contribution in [3.8, 4) is 11.5 Å². The van der Waals surface area contributed by atoms with Crippen LogP contribution in [0.15, 0.2) is 34.8 Å². The molecule has 0 bridgehead atoms. The summed E-state index contributed by atoms with van der Waals surface area (Å²) in [5.74, 6) is 1.50. The molecule has 6 heteroatoms. The first-order valence-electron chi connectivity index (χ1n) is 6.41. The van der Waals surface area contributed by atoms with E-state index in [1.165, 1.54) is 0 Å². The van der Waals surface area contributed by atoms with E-state index in [4.69, 9.17) is 32.7 Å².